The van der Waals surface area contributed by atoms with E-state index in [9.17, 15) is 4.79 Å². The second-order valence-electron chi connectivity index (χ2n) is 4.84. The number of carbonyl (C=O) groups is 1. The summed E-state index contributed by atoms with van der Waals surface area (Å²) < 4.78 is 0. The van der Waals surface area contributed by atoms with Crippen molar-refractivity contribution in [2.75, 3.05) is 6.54 Å². The van der Waals surface area contributed by atoms with Crippen LogP contribution in [0.1, 0.15) is 37.9 Å². The number of amides is 2. The Morgan fingerprint density at radius 1 is 1.35 bits per heavy atom. The molecule has 1 aliphatic rings. The Kier molecular flexibility index (Phi) is 3.36. The number of nitrogens with zero attached hydrogens (tertiary/aromatic N) is 1. The van der Waals surface area contributed by atoms with E-state index in [-0.39, 0.29) is 18.1 Å². The maximum absolute atomic E-state index is 11.7. The Balaban J connectivity index is 2.11. The van der Waals surface area contributed by atoms with Crippen LogP contribution in [-0.4, -0.2) is 23.5 Å². The van der Waals surface area contributed by atoms with E-state index in [2.05, 4.69) is 36.5 Å². The fourth-order valence-corrected chi connectivity index (χ4v) is 2.18. The molecule has 3 nitrogen and oxygen atoms in total. The van der Waals surface area contributed by atoms with E-state index in [1.165, 1.54) is 11.1 Å². The third-order valence-electron chi connectivity index (χ3n) is 3.35. The number of benzene rings is 1. The highest BCUT2D eigenvalue weighted by atomic mass is 16.2. The van der Waals surface area contributed by atoms with Gasteiger partial charge in [0.05, 0.1) is 6.04 Å². The quantitative estimate of drug-likeness (QED) is 0.854. The van der Waals surface area contributed by atoms with Gasteiger partial charge in [0.2, 0.25) is 0 Å². The summed E-state index contributed by atoms with van der Waals surface area (Å²) in [7, 11) is 0. The fraction of sp³-hybridized carbons (Fsp3) is 0.500. The third-order valence-corrected chi connectivity index (χ3v) is 3.35. The van der Waals surface area contributed by atoms with Crippen molar-refractivity contribution in [3.8, 4) is 0 Å². The van der Waals surface area contributed by atoms with Gasteiger partial charge in [-0.3, -0.25) is 0 Å². The lowest BCUT2D eigenvalue weighted by Gasteiger charge is -2.18. The van der Waals surface area contributed by atoms with Crippen molar-refractivity contribution in [1.29, 1.82) is 0 Å². The molecule has 1 fully saturated rings. The summed E-state index contributed by atoms with van der Waals surface area (Å²) in [5.74, 6) is 0. The van der Waals surface area contributed by atoms with Gasteiger partial charge in [-0.1, -0.05) is 31.2 Å². The SMILES string of the molecule is CCc1ccc(C2CN(C(C)C)C(=O)N2)cc1. The van der Waals surface area contributed by atoms with E-state index in [0.29, 0.717) is 0 Å². The van der Waals surface area contributed by atoms with Gasteiger partial charge in [-0.25, -0.2) is 4.79 Å². The summed E-state index contributed by atoms with van der Waals surface area (Å²) in [5.41, 5.74) is 2.53. The van der Waals surface area contributed by atoms with Crippen LogP contribution in [0.3, 0.4) is 0 Å². The van der Waals surface area contributed by atoms with Gasteiger partial charge in [-0.2, -0.15) is 0 Å². The first kappa shape index (κ1) is 12.0. The zero-order valence-electron chi connectivity index (χ0n) is 10.7. The smallest absolute Gasteiger partial charge is 0.318 e. The van der Waals surface area contributed by atoms with Gasteiger partial charge in [0, 0.05) is 12.6 Å². The highest BCUT2D eigenvalue weighted by molar-refractivity contribution is 5.77. The van der Waals surface area contributed by atoms with Crippen LogP contribution in [0.2, 0.25) is 0 Å². The van der Waals surface area contributed by atoms with Crippen molar-refractivity contribution in [1.82, 2.24) is 10.2 Å². The van der Waals surface area contributed by atoms with Crippen molar-refractivity contribution < 1.29 is 4.79 Å². The van der Waals surface area contributed by atoms with Crippen LogP contribution in [0.25, 0.3) is 0 Å². The summed E-state index contributed by atoms with van der Waals surface area (Å²) in [4.78, 5) is 13.6. The summed E-state index contributed by atoms with van der Waals surface area (Å²) in [6.07, 6.45) is 1.05. The molecule has 2 rings (SSSR count). The number of nitrogens with one attached hydrogen (secondary N) is 1. The lowest BCUT2D eigenvalue weighted by molar-refractivity contribution is 0.206. The van der Waals surface area contributed by atoms with Crippen LogP contribution in [-0.2, 0) is 6.42 Å². The van der Waals surface area contributed by atoms with Crippen molar-refractivity contribution in [3.05, 3.63) is 35.4 Å². The highest BCUT2D eigenvalue weighted by Crippen LogP contribution is 2.22. The van der Waals surface area contributed by atoms with E-state index in [1.54, 1.807) is 0 Å². The lowest BCUT2D eigenvalue weighted by atomic mass is 10.0. The topological polar surface area (TPSA) is 32.3 Å². The molecule has 0 saturated carbocycles. The molecule has 1 aromatic carbocycles. The zero-order chi connectivity index (χ0) is 12.4. The second-order valence-corrected chi connectivity index (χ2v) is 4.84. The minimum atomic E-state index is 0.0459. The van der Waals surface area contributed by atoms with E-state index in [4.69, 9.17) is 0 Å². The zero-order valence-corrected chi connectivity index (χ0v) is 10.7. The normalized spacial score (nSPS) is 19.9. The molecule has 92 valence electrons. The first-order chi connectivity index (χ1) is 8.11. The molecule has 1 atom stereocenters. The Hall–Kier alpha value is -1.51. The standard InChI is InChI=1S/C14H20N2O/c1-4-11-5-7-12(8-6-11)13-9-16(10(2)3)14(17)15-13/h5-8,10,13H,4,9H2,1-3H3,(H,15,17). The predicted octanol–water partition coefficient (Wildman–Crippen LogP) is 2.72. The van der Waals surface area contributed by atoms with E-state index >= 15 is 0 Å². The van der Waals surface area contributed by atoms with Crippen molar-refractivity contribution in [2.45, 2.75) is 39.3 Å². The lowest BCUT2D eigenvalue weighted by Crippen LogP contribution is -2.33. The first-order valence-corrected chi connectivity index (χ1v) is 6.27. The number of hydrogen-bond acceptors (Lipinski definition) is 1. The van der Waals surface area contributed by atoms with Crippen LogP contribution >= 0.6 is 0 Å². The molecule has 1 unspecified atom stereocenters. The molecule has 0 radical (unpaired) electrons. The number of carbonyl (C=O) groups excluding carboxylic acids is 1. The van der Waals surface area contributed by atoms with Gasteiger partial charge in [0.25, 0.3) is 0 Å². The highest BCUT2D eigenvalue weighted by Gasteiger charge is 2.30. The number of aryl methyl sites for hydroxylation is 1. The van der Waals surface area contributed by atoms with Gasteiger partial charge in [0.1, 0.15) is 0 Å². The first-order valence-electron chi connectivity index (χ1n) is 6.27. The Labute approximate surface area is 103 Å². The molecule has 0 spiro atoms. The van der Waals surface area contributed by atoms with Crippen LogP contribution in [0, 0.1) is 0 Å². The van der Waals surface area contributed by atoms with Crippen LogP contribution < -0.4 is 5.32 Å². The van der Waals surface area contributed by atoms with Gasteiger partial charge in [-0.15, -0.1) is 0 Å². The minimum Gasteiger partial charge on any atom is -0.329 e. The monoisotopic (exact) mass is 232 g/mol. The number of urea groups is 1. The molecule has 1 saturated heterocycles. The molecular formula is C14H20N2O. The summed E-state index contributed by atoms with van der Waals surface area (Å²) in [6, 6.07) is 8.95. The van der Waals surface area contributed by atoms with E-state index in [0.717, 1.165) is 13.0 Å². The average molecular weight is 232 g/mol. The molecular weight excluding hydrogens is 212 g/mol. The summed E-state index contributed by atoms with van der Waals surface area (Å²) in [5, 5.41) is 3.03. The van der Waals surface area contributed by atoms with Crippen molar-refractivity contribution >= 4 is 6.03 Å². The van der Waals surface area contributed by atoms with Crippen molar-refractivity contribution in [3.63, 3.8) is 0 Å². The molecule has 17 heavy (non-hydrogen) atoms. The molecule has 0 aliphatic carbocycles. The second kappa shape index (κ2) is 4.78. The summed E-state index contributed by atoms with van der Waals surface area (Å²) in [6.45, 7) is 7.00. The molecule has 1 N–H and O–H groups in total. The van der Waals surface area contributed by atoms with Gasteiger partial charge < -0.3 is 10.2 Å². The Morgan fingerprint density at radius 2 is 2.00 bits per heavy atom. The summed E-state index contributed by atoms with van der Waals surface area (Å²) >= 11 is 0. The maximum Gasteiger partial charge on any atom is 0.318 e. The number of hydrogen-bond donors (Lipinski definition) is 1. The molecule has 2 amide bonds. The number of rotatable bonds is 3. The molecule has 0 aromatic heterocycles. The Bertz CT molecular complexity index is 397. The van der Waals surface area contributed by atoms with Crippen LogP contribution in [0.15, 0.2) is 24.3 Å². The molecule has 1 aliphatic heterocycles. The van der Waals surface area contributed by atoms with Crippen LogP contribution in [0.4, 0.5) is 4.79 Å². The van der Waals surface area contributed by atoms with E-state index in [1.807, 2.05) is 18.7 Å². The molecule has 1 aromatic rings. The van der Waals surface area contributed by atoms with E-state index < -0.39 is 0 Å². The van der Waals surface area contributed by atoms with Gasteiger partial charge in [-0.05, 0) is 31.4 Å². The molecule has 3 heteroatoms. The minimum absolute atomic E-state index is 0.0459. The Morgan fingerprint density at radius 3 is 2.47 bits per heavy atom. The maximum atomic E-state index is 11.7. The van der Waals surface area contributed by atoms with Gasteiger partial charge >= 0.3 is 6.03 Å². The predicted molar refractivity (Wildman–Crippen MR) is 68.9 cm³/mol. The average Bonchev–Trinajstić information content (AvgIpc) is 2.71. The molecule has 0 bridgehead atoms. The molecule has 1 heterocycles. The van der Waals surface area contributed by atoms with Gasteiger partial charge in [0.15, 0.2) is 0 Å². The van der Waals surface area contributed by atoms with Crippen LogP contribution in [0.5, 0.6) is 0 Å². The third kappa shape index (κ3) is 2.43. The van der Waals surface area contributed by atoms with Crippen molar-refractivity contribution in [2.24, 2.45) is 0 Å². The largest absolute Gasteiger partial charge is 0.329 e. The fourth-order valence-electron chi connectivity index (χ4n) is 2.18.